The Labute approximate surface area is 206 Å². The number of benzene rings is 2. The van der Waals surface area contributed by atoms with E-state index in [2.05, 4.69) is 21.0 Å². The molecule has 12 heteroatoms. The van der Waals surface area contributed by atoms with Gasteiger partial charge in [0, 0.05) is 6.04 Å². The average molecular weight is 522 g/mol. The van der Waals surface area contributed by atoms with Crippen molar-refractivity contribution in [1.82, 2.24) is 19.8 Å². The standard InChI is InChI=1S/C22H21Cl2N5O4S/c23-16-7-4-8-17(24)19(16)21(30)27-18-13-29(34(32,33)15-5-2-1-3-6-15)28-20(18)22(31)26-14-9-11-25-12-10-14/h1-8,13-14,25H,9-12H2,(H,26,31)(H,27,30). The number of nitrogens with zero attached hydrogens (tertiary/aromatic N) is 2. The third-order valence-corrected chi connectivity index (χ3v) is 7.49. The highest BCUT2D eigenvalue weighted by atomic mass is 35.5. The molecule has 1 saturated heterocycles. The van der Waals surface area contributed by atoms with Crippen molar-refractivity contribution in [1.29, 1.82) is 0 Å². The molecule has 2 aromatic carbocycles. The molecule has 0 bridgehead atoms. The summed E-state index contributed by atoms with van der Waals surface area (Å²) in [7, 11) is -4.11. The van der Waals surface area contributed by atoms with Crippen LogP contribution >= 0.6 is 23.2 Å². The summed E-state index contributed by atoms with van der Waals surface area (Å²) in [5, 5.41) is 12.9. The second-order valence-corrected chi connectivity index (χ2v) is 10.2. The van der Waals surface area contributed by atoms with Gasteiger partial charge in [0.05, 0.1) is 32.4 Å². The highest BCUT2D eigenvalue weighted by molar-refractivity contribution is 7.89. The predicted octanol–water partition coefficient (Wildman–Crippen LogP) is 3.16. The van der Waals surface area contributed by atoms with Crippen molar-refractivity contribution < 1.29 is 18.0 Å². The fourth-order valence-electron chi connectivity index (χ4n) is 3.56. The van der Waals surface area contributed by atoms with E-state index in [0.29, 0.717) is 16.9 Å². The summed E-state index contributed by atoms with van der Waals surface area (Å²) in [4.78, 5) is 26.0. The lowest BCUT2D eigenvalue weighted by molar-refractivity contribution is 0.0925. The third-order valence-electron chi connectivity index (χ3n) is 5.31. The van der Waals surface area contributed by atoms with Gasteiger partial charge >= 0.3 is 0 Å². The van der Waals surface area contributed by atoms with Crippen molar-refractivity contribution in [2.24, 2.45) is 0 Å². The van der Waals surface area contributed by atoms with Gasteiger partial charge in [-0.05, 0) is 50.2 Å². The number of rotatable bonds is 6. The van der Waals surface area contributed by atoms with Crippen LogP contribution in [0.2, 0.25) is 10.0 Å². The first-order valence-electron chi connectivity index (χ1n) is 10.4. The van der Waals surface area contributed by atoms with E-state index >= 15 is 0 Å². The molecule has 1 fully saturated rings. The fourth-order valence-corrected chi connectivity index (χ4v) is 5.27. The molecule has 4 rings (SSSR count). The van der Waals surface area contributed by atoms with E-state index in [9.17, 15) is 18.0 Å². The number of aromatic nitrogens is 2. The van der Waals surface area contributed by atoms with Crippen LogP contribution in [0.25, 0.3) is 0 Å². The molecule has 9 nitrogen and oxygen atoms in total. The average Bonchev–Trinajstić information content (AvgIpc) is 3.25. The highest BCUT2D eigenvalue weighted by Crippen LogP contribution is 2.27. The second kappa shape index (κ2) is 10.1. The summed E-state index contributed by atoms with van der Waals surface area (Å²) in [5.41, 5.74) is -0.337. The number of piperidine rings is 1. The zero-order chi connectivity index (χ0) is 24.3. The maximum Gasteiger partial charge on any atom is 0.283 e. The van der Waals surface area contributed by atoms with Gasteiger partial charge in [-0.1, -0.05) is 47.5 Å². The first-order valence-corrected chi connectivity index (χ1v) is 12.6. The Morgan fingerprint density at radius 3 is 2.26 bits per heavy atom. The molecular weight excluding hydrogens is 501 g/mol. The number of halogens is 2. The molecule has 1 aromatic heterocycles. The lowest BCUT2D eigenvalue weighted by Gasteiger charge is -2.23. The van der Waals surface area contributed by atoms with Crippen molar-refractivity contribution in [3.05, 3.63) is 76.0 Å². The number of hydrogen-bond acceptors (Lipinski definition) is 6. The van der Waals surface area contributed by atoms with Crippen LogP contribution in [0.4, 0.5) is 5.69 Å². The van der Waals surface area contributed by atoms with E-state index in [1.54, 1.807) is 24.3 Å². The van der Waals surface area contributed by atoms with Crippen LogP contribution < -0.4 is 16.0 Å². The van der Waals surface area contributed by atoms with Crippen molar-refractivity contribution in [2.45, 2.75) is 23.8 Å². The van der Waals surface area contributed by atoms with Gasteiger partial charge in [0.15, 0.2) is 5.69 Å². The Morgan fingerprint density at radius 1 is 0.971 bits per heavy atom. The van der Waals surface area contributed by atoms with Gasteiger partial charge in [0.1, 0.15) is 0 Å². The Bertz CT molecular complexity index is 1300. The maximum absolute atomic E-state index is 13.1. The molecule has 34 heavy (non-hydrogen) atoms. The van der Waals surface area contributed by atoms with Gasteiger partial charge < -0.3 is 16.0 Å². The molecule has 1 aliphatic rings. The molecule has 2 amide bonds. The van der Waals surface area contributed by atoms with E-state index in [1.165, 1.54) is 24.3 Å². The normalized spacial score (nSPS) is 14.5. The third kappa shape index (κ3) is 5.10. The Hall–Kier alpha value is -2.92. The Morgan fingerprint density at radius 2 is 1.62 bits per heavy atom. The summed E-state index contributed by atoms with van der Waals surface area (Å²) in [6, 6.07) is 12.1. The molecule has 178 valence electrons. The Balaban J connectivity index is 1.71. The zero-order valence-electron chi connectivity index (χ0n) is 17.8. The van der Waals surface area contributed by atoms with E-state index in [1.807, 2.05) is 0 Å². The summed E-state index contributed by atoms with van der Waals surface area (Å²) in [6.07, 6.45) is 2.51. The summed E-state index contributed by atoms with van der Waals surface area (Å²) in [6.45, 7) is 1.49. The van der Waals surface area contributed by atoms with Crippen molar-refractivity contribution in [3.63, 3.8) is 0 Å². The van der Waals surface area contributed by atoms with Crippen molar-refractivity contribution >= 4 is 50.7 Å². The van der Waals surface area contributed by atoms with Crippen LogP contribution in [0.1, 0.15) is 33.7 Å². The van der Waals surface area contributed by atoms with Gasteiger partial charge in [-0.2, -0.15) is 17.6 Å². The number of nitrogens with one attached hydrogen (secondary N) is 3. The summed E-state index contributed by atoms with van der Waals surface area (Å²) >= 11 is 12.3. The SMILES string of the molecule is O=C(NC1CCNCC1)c1nn(S(=O)(=O)c2ccccc2)cc1NC(=O)c1c(Cl)cccc1Cl. The number of carbonyl (C=O) groups excluding carboxylic acids is 2. The molecule has 3 aromatic rings. The van der Waals surface area contributed by atoms with Gasteiger partial charge in [0.25, 0.3) is 21.8 Å². The first kappa shape index (κ1) is 24.2. The molecule has 2 heterocycles. The first-order chi connectivity index (χ1) is 16.3. The number of hydrogen-bond donors (Lipinski definition) is 3. The van der Waals surface area contributed by atoms with Crippen LogP contribution in [0.3, 0.4) is 0 Å². The molecular formula is C22H21Cl2N5O4S. The number of carbonyl (C=O) groups is 2. The predicted molar refractivity (Wildman–Crippen MR) is 129 cm³/mol. The van der Waals surface area contributed by atoms with Crippen LogP contribution in [-0.4, -0.2) is 48.5 Å². The van der Waals surface area contributed by atoms with E-state index in [-0.39, 0.29) is 37.9 Å². The summed E-state index contributed by atoms with van der Waals surface area (Å²) in [5.74, 6) is -1.31. The molecule has 0 atom stereocenters. The molecule has 0 radical (unpaired) electrons. The lowest BCUT2D eigenvalue weighted by atomic mass is 10.1. The monoisotopic (exact) mass is 521 g/mol. The molecule has 0 unspecified atom stereocenters. The van der Waals surface area contributed by atoms with Gasteiger partial charge in [-0.3, -0.25) is 9.59 Å². The van der Waals surface area contributed by atoms with Gasteiger partial charge in [-0.25, -0.2) is 0 Å². The molecule has 0 spiro atoms. The number of anilines is 1. The van der Waals surface area contributed by atoms with Crippen LogP contribution in [0.15, 0.2) is 59.6 Å². The van der Waals surface area contributed by atoms with Crippen LogP contribution in [0.5, 0.6) is 0 Å². The van der Waals surface area contributed by atoms with Crippen molar-refractivity contribution in [2.75, 3.05) is 18.4 Å². The van der Waals surface area contributed by atoms with Crippen LogP contribution in [0, 0.1) is 0 Å². The summed E-state index contributed by atoms with van der Waals surface area (Å²) < 4.78 is 26.8. The maximum atomic E-state index is 13.1. The largest absolute Gasteiger partial charge is 0.348 e. The lowest BCUT2D eigenvalue weighted by Crippen LogP contribution is -2.43. The van der Waals surface area contributed by atoms with Gasteiger partial charge in [-0.15, -0.1) is 0 Å². The van der Waals surface area contributed by atoms with E-state index < -0.39 is 21.8 Å². The fraction of sp³-hybridized carbons (Fsp3) is 0.227. The van der Waals surface area contributed by atoms with E-state index in [4.69, 9.17) is 23.2 Å². The minimum atomic E-state index is -4.11. The Kier molecular flexibility index (Phi) is 7.22. The quantitative estimate of drug-likeness (QED) is 0.457. The minimum absolute atomic E-state index is 0.00536. The smallest absolute Gasteiger partial charge is 0.283 e. The second-order valence-electron chi connectivity index (χ2n) is 7.63. The zero-order valence-corrected chi connectivity index (χ0v) is 20.1. The molecule has 0 saturated carbocycles. The topological polar surface area (TPSA) is 122 Å². The van der Waals surface area contributed by atoms with Crippen molar-refractivity contribution in [3.8, 4) is 0 Å². The minimum Gasteiger partial charge on any atom is -0.348 e. The van der Waals surface area contributed by atoms with E-state index in [0.717, 1.165) is 19.3 Å². The van der Waals surface area contributed by atoms with Crippen LogP contribution in [-0.2, 0) is 10.0 Å². The molecule has 0 aliphatic carbocycles. The molecule has 3 N–H and O–H groups in total. The highest BCUT2D eigenvalue weighted by Gasteiger charge is 2.27. The molecule has 1 aliphatic heterocycles. The van der Waals surface area contributed by atoms with Gasteiger partial charge in [0.2, 0.25) is 0 Å². The number of amides is 2.